The number of nitrogens with zero attached hydrogens (tertiary/aromatic N) is 3. The summed E-state index contributed by atoms with van der Waals surface area (Å²) in [5, 5.41) is 0. The summed E-state index contributed by atoms with van der Waals surface area (Å²) in [6.07, 6.45) is 6.08. The minimum atomic E-state index is 0. The van der Waals surface area contributed by atoms with Crippen LogP contribution in [-0.4, -0.2) is 26.3 Å². The van der Waals surface area contributed by atoms with Crippen LogP contribution in [0, 0.1) is 0 Å². The minimum absolute atomic E-state index is 0. The van der Waals surface area contributed by atoms with E-state index in [0.717, 1.165) is 39.3 Å². The number of fused-ring (bicyclic) bond motifs is 2. The molecule has 0 unspecified atom stereocenters. The van der Waals surface area contributed by atoms with Gasteiger partial charge in [-0.15, -0.1) is 24.0 Å². The van der Waals surface area contributed by atoms with Crippen LogP contribution in [0.4, 0.5) is 5.69 Å². The van der Waals surface area contributed by atoms with E-state index in [-0.39, 0.29) is 24.0 Å². The number of benzene rings is 2. The standard InChI is InChI=1S/C26H24N3O3.HI/c1-28-12-8-11-22-26(28)27-25(32-22)14-18-13-20(17-9-6-5-7-10-17)29(2)21-16-24(31-4)23(30-3)15-19(18)21;/h5-16H,1-4H3;1H/q+1;. The van der Waals surface area contributed by atoms with E-state index in [0.29, 0.717) is 17.4 Å². The molecule has 7 heteroatoms. The Balaban J connectivity index is 0.00000259. The van der Waals surface area contributed by atoms with E-state index in [2.05, 4.69) is 30.2 Å². The highest BCUT2D eigenvalue weighted by Gasteiger charge is 2.25. The highest BCUT2D eigenvalue weighted by atomic mass is 127. The first kappa shape index (κ1) is 22.8. The molecule has 1 aliphatic rings. The molecule has 33 heavy (non-hydrogen) atoms. The van der Waals surface area contributed by atoms with Crippen molar-refractivity contribution in [2.24, 2.45) is 7.05 Å². The first-order chi connectivity index (χ1) is 15.6. The number of aryl methyl sites for hydroxylation is 1. The number of pyridine rings is 1. The van der Waals surface area contributed by atoms with Crippen LogP contribution in [0.5, 0.6) is 11.5 Å². The summed E-state index contributed by atoms with van der Waals surface area (Å²) in [5.41, 5.74) is 6.73. The van der Waals surface area contributed by atoms with Crippen molar-refractivity contribution in [2.45, 2.75) is 0 Å². The van der Waals surface area contributed by atoms with Gasteiger partial charge < -0.3 is 18.8 Å². The normalized spacial score (nSPS) is 14.0. The Morgan fingerprint density at radius 1 is 1.00 bits per heavy atom. The Labute approximate surface area is 209 Å². The molecule has 0 saturated carbocycles. The Hall–Kier alpha value is -3.33. The summed E-state index contributed by atoms with van der Waals surface area (Å²) in [7, 11) is 7.30. The molecule has 0 radical (unpaired) electrons. The predicted octanol–water partition coefficient (Wildman–Crippen LogP) is 5.32. The topological polar surface area (TPSA) is 51.6 Å². The Morgan fingerprint density at radius 2 is 1.73 bits per heavy atom. The molecule has 5 rings (SSSR count). The van der Waals surface area contributed by atoms with Crippen molar-refractivity contribution in [3.8, 4) is 11.5 Å². The van der Waals surface area contributed by atoms with E-state index in [1.807, 2.05) is 66.4 Å². The number of hydrogen-bond acceptors (Lipinski definition) is 5. The zero-order chi connectivity index (χ0) is 22.2. The lowest BCUT2D eigenvalue weighted by Crippen LogP contribution is -2.28. The number of anilines is 1. The van der Waals surface area contributed by atoms with E-state index >= 15 is 0 Å². The summed E-state index contributed by atoms with van der Waals surface area (Å²) in [6, 6.07) is 18.2. The highest BCUT2D eigenvalue weighted by molar-refractivity contribution is 14.0. The SMILES string of the molecule is COc1cc2c(cc1OC)N(C)C(c1ccccc1)=C/C2=C\c1nc2c(ccc[n+]2C)o1.I. The molecule has 0 amide bonds. The molecular formula is C26H25IN3O3+. The largest absolute Gasteiger partial charge is 0.493 e. The van der Waals surface area contributed by atoms with Gasteiger partial charge in [0, 0.05) is 35.4 Å². The number of oxazole rings is 1. The maximum absolute atomic E-state index is 6.03. The number of methoxy groups -OCH3 is 2. The highest BCUT2D eigenvalue weighted by Crippen LogP contribution is 2.44. The van der Waals surface area contributed by atoms with Crippen LogP contribution >= 0.6 is 24.0 Å². The molecule has 2 aromatic carbocycles. The van der Waals surface area contributed by atoms with Crippen molar-refractivity contribution in [3.63, 3.8) is 0 Å². The molecule has 2 aromatic heterocycles. The molecule has 0 atom stereocenters. The van der Waals surface area contributed by atoms with Crippen molar-refractivity contribution in [1.29, 1.82) is 0 Å². The van der Waals surface area contributed by atoms with Gasteiger partial charge in [0.2, 0.25) is 5.58 Å². The number of halogens is 1. The van der Waals surface area contributed by atoms with E-state index in [1.54, 1.807) is 14.2 Å². The monoisotopic (exact) mass is 554 g/mol. The lowest BCUT2D eigenvalue weighted by atomic mass is 9.94. The lowest BCUT2D eigenvalue weighted by Gasteiger charge is -2.31. The fourth-order valence-corrected chi connectivity index (χ4v) is 4.06. The van der Waals surface area contributed by atoms with Crippen LogP contribution in [0.1, 0.15) is 17.0 Å². The van der Waals surface area contributed by atoms with Crippen LogP contribution in [0.3, 0.4) is 0 Å². The third-order valence-corrected chi connectivity index (χ3v) is 5.72. The van der Waals surface area contributed by atoms with E-state index < -0.39 is 0 Å². The van der Waals surface area contributed by atoms with Crippen molar-refractivity contribution in [2.75, 3.05) is 26.2 Å². The van der Waals surface area contributed by atoms with Gasteiger partial charge in [0.25, 0.3) is 0 Å². The third kappa shape index (κ3) is 4.08. The molecule has 0 spiro atoms. The molecule has 0 saturated heterocycles. The van der Waals surface area contributed by atoms with Gasteiger partial charge in [-0.25, -0.2) is 4.57 Å². The zero-order valence-electron chi connectivity index (χ0n) is 18.9. The van der Waals surface area contributed by atoms with Crippen molar-refractivity contribution < 1.29 is 18.5 Å². The van der Waals surface area contributed by atoms with Crippen LogP contribution in [-0.2, 0) is 7.05 Å². The second kappa shape index (κ2) is 9.27. The molecule has 4 aromatic rings. The van der Waals surface area contributed by atoms with Gasteiger partial charge in [-0.1, -0.05) is 30.3 Å². The predicted molar refractivity (Wildman–Crippen MR) is 141 cm³/mol. The molecular weight excluding hydrogens is 529 g/mol. The number of aromatic nitrogens is 2. The zero-order valence-corrected chi connectivity index (χ0v) is 21.2. The third-order valence-electron chi connectivity index (χ3n) is 5.72. The maximum Gasteiger partial charge on any atom is 0.370 e. The average Bonchev–Trinajstić information content (AvgIpc) is 3.24. The molecule has 168 valence electrons. The van der Waals surface area contributed by atoms with Crippen molar-refractivity contribution in [1.82, 2.24) is 4.98 Å². The number of hydrogen-bond donors (Lipinski definition) is 0. The summed E-state index contributed by atoms with van der Waals surface area (Å²) in [4.78, 5) is 6.86. The maximum atomic E-state index is 6.03. The molecule has 3 heterocycles. The number of rotatable bonds is 4. The molecule has 0 bridgehead atoms. The molecule has 1 aliphatic heterocycles. The van der Waals surface area contributed by atoms with Crippen LogP contribution in [0.2, 0.25) is 0 Å². The Bertz CT molecular complexity index is 1380. The lowest BCUT2D eigenvalue weighted by molar-refractivity contribution is -0.646. The first-order valence-electron chi connectivity index (χ1n) is 10.3. The fraction of sp³-hybridized carbons (Fsp3) is 0.154. The molecule has 6 nitrogen and oxygen atoms in total. The summed E-state index contributed by atoms with van der Waals surface area (Å²) in [5.74, 6) is 1.90. The van der Waals surface area contributed by atoms with Crippen LogP contribution in [0.15, 0.2) is 71.3 Å². The van der Waals surface area contributed by atoms with Gasteiger partial charge in [-0.05, 0) is 35.4 Å². The van der Waals surface area contributed by atoms with Gasteiger partial charge in [0.15, 0.2) is 11.5 Å². The van der Waals surface area contributed by atoms with Crippen molar-refractivity contribution in [3.05, 3.63) is 83.9 Å². The van der Waals surface area contributed by atoms with Crippen LogP contribution < -0.4 is 18.9 Å². The van der Waals surface area contributed by atoms with Crippen molar-refractivity contribution >= 4 is 58.2 Å². The minimum Gasteiger partial charge on any atom is -0.493 e. The van der Waals surface area contributed by atoms with Gasteiger partial charge in [-0.2, -0.15) is 0 Å². The summed E-state index contributed by atoms with van der Waals surface area (Å²) < 4.78 is 19.1. The van der Waals surface area contributed by atoms with E-state index in [9.17, 15) is 0 Å². The Kier molecular flexibility index (Phi) is 6.42. The molecule has 0 fully saturated rings. The van der Waals surface area contributed by atoms with Gasteiger partial charge >= 0.3 is 11.5 Å². The van der Waals surface area contributed by atoms with E-state index in [4.69, 9.17) is 18.9 Å². The fourth-order valence-electron chi connectivity index (χ4n) is 4.06. The summed E-state index contributed by atoms with van der Waals surface area (Å²) in [6.45, 7) is 0. The van der Waals surface area contributed by atoms with Gasteiger partial charge in [-0.3, -0.25) is 0 Å². The van der Waals surface area contributed by atoms with E-state index in [1.165, 1.54) is 0 Å². The van der Waals surface area contributed by atoms with Gasteiger partial charge in [0.1, 0.15) is 0 Å². The second-order valence-corrected chi connectivity index (χ2v) is 7.64. The number of allylic oxidation sites excluding steroid dienone is 2. The van der Waals surface area contributed by atoms with Gasteiger partial charge in [0.05, 0.1) is 33.2 Å². The summed E-state index contributed by atoms with van der Waals surface area (Å²) >= 11 is 0. The second-order valence-electron chi connectivity index (χ2n) is 7.64. The smallest absolute Gasteiger partial charge is 0.370 e. The number of ether oxygens (including phenoxy) is 2. The Morgan fingerprint density at radius 3 is 2.42 bits per heavy atom. The average molecular weight is 554 g/mol. The molecule has 0 aliphatic carbocycles. The van der Waals surface area contributed by atoms with Crippen LogP contribution in [0.25, 0.3) is 28.6 Å². The quantitative estimate of drug-likeness (QED) is 0.253. The molecule has 0 N–H and O–H groups in total. The first-order valence-corrected chi connectivity index (χ1v) is 10.3.